The van der Waals surface area contributed by atoms with E-state index in [4.69, 9.17) is 5.84 Å². The number of carbonyl (C=O) groups excluding carboxylic acids is 1. The molecule has 0 saturated carbocycles. The number of carbonyl (C=O) groups is 1. The minimum Gasteiger partial charge on any atom is -0.351 e. The lowest BCUT2D eigenvalue weighted by molar-refractivity contribution is 0.0943. The second kappa shape index (κ2) is 7.16. The van der Waals surface area contributed by atoms with Crippen LogP contribution in [0, 0.1) is 5.92 Å². The van der Waals surface area contributed by atoms with E-state index in [1.165, 1.54) is 25.2 Å². The van der Waals surface area contributed by atoms with Gasteiger partial charge in [-0.25, -0.2) is 15.8 Å². The Morgan fingerprint density at radius 3 is 2.75 bits per heavy atom. The van der Waals surface area contributed by atoms with Gasteiger partial charge in [-0.15, -0.1) is 0 Å². The molecule has 0 atom stereocenters. The van der Waals surface area contributed by atoms with Gasteiger partial charge in [0.2, 0.25) is 0 Å². The average Bonchev–Trinajstić information content (AvgIpc) is 2.49. The molecule has 110 valence electrons. The first kappa shape index (κ1) is 14.7. The van der Waals surface area contributed by atoms with Crippen LogP contribution in [0.4, 0.5) is 5.82 Å². The summed E-state index contributed by atoms with van der Waals surface area (Å²) in [7, 11) is 2.15. The molecule has 20 heavy (non-hydrogen) atoms. The van der Waals surface area contributed by atoms with Gasteiger partial charge in [-0.2, -0.15) is 0 Å². The predicted molar refractivity (Wildman–Crippen MR) is 77.0 cm³/mol. The fourth-order valence-electron chi connectivity index (χ4n) is 2.35. The summed E-state index contributed by atoms with van der Waals surface area (Å²) in [5.74, 6) is 6.15. The third-order valence-electron chi connectivity index (χ3n) is 3.71. The molecule has 7 nitrogen and oxygen atoms in total. The molecule has 1 saturated heterocycles. The number of anilines is 1. The third-order valence-corrected chi connectivity index (χ3v) is 3.71. The number of aromatic nitrogens is 2. The molecule has 0 radical (unpaired) electrons. The summed E-state index contributed by atoms with van der Waals surface area (Å²) >= 11 is 0. The van der Waals surface area contributed by atoms with Crippen molar-refractivity contribution in [2.75, 3.05) is 32.1 Å². The second-order valence-electron chi connectivity index (χ2n) is 5.22. The van der Waals surface area contributed by atoms with Crippen molar-refractivity contribution in [3.63, 3.8) is 0 Å². The minimum atomic E-state index is -0.186. The number of piperidine rings is 1. The van der Waals surface area contributed by atoms with E-state index < -0.39 is 0 Å². The van der Waals surface area contributed by atoms with Gasteiger partial charge < -0.3 is 15.6 Å². The van der Waals surface area contributed by atoms with Crippen LogP contribution >= 0.6 is 0 Å². The highest BCUT2D eigenvalue weighted by atomic mass is 16.1. The predicted octanol–water partition coefficient (Wildman–Crippen LogP) is 0.224. The van der Waals surface area contributed by atoms with Gasteiger partial charge in [0, 0.05) is 6.54 Å². The first-order valence-electron chi connectivity index (χ1n) is 6.94. The highest BCUT2D eigenvalue weighted by Crippen LogP contribution is 2.18. The number of amides is 1. The summed E-state index contributed by atoms with van der Waals surface area (Å²) in [4.78, 5) is 22.2. The van der Waals surface area contributed by atoms with Crippen LogP contribution in [-0.2, 0) is 0 Å². The van der Waals surface area contributed by atoms with Crippen LogP contribution in [0.15, 0.2) is 12.4 Å². The van der Waals surface area contributed by atoms with E-state index >= 15 is 0 Å². The molecule has 1 fully saturated rings. The molecule has 7 heteroatoms. The molecule has 1 aromatic rings. The van der Waals surface area contributed by atoms with Crippen LogP contribution in [-0.4, -0.2) is 47.5 Å². The molecular weight excluding hydrogens is 256 g/mol. The zero-order valence-corrected chi connectivity index (χ0v) is 11.8. The molecular formula is C13H22N6O. The van der Waals surface area contributed by atoms with Gasteiger partial charge in [0.25, 0.3) is 5.91 Å². The van der Waals surface area contributed by atoms with E-state index in [2.05, 4.69) is 32.7 Å². The van der Waals surface area contributed by atoms with E-state index in [-0.39, 0.29) is 5.91 Å². The Labute approximate surface area is 118 Å². The molecule has 1 aliphatic rings. The SMILES string of the molecule is CN1CCC(CCNC(=O)c2cnc(NN)cn2)CC1. The number of nitrogens with zero attached hydrogens (tertiary/aromatic N) is 3. The quantitative estimate of drug-likeness (QED) is 0.527. The fourth-order valence-corrected chi connectivity index (χ4v) is 2.35. The number of nitrogen functional groups attached to an aromatic ring is 1. The number of nitrogens with one attached hydrogen (secondary N) is 2. The van der Waals surface area contributed by atoms with Crippen molar-refractivity contribution in [2.24, 2.45) is 11.8 Å². The van der Waals surface area contributed by atoms with Crippen LogP contribution in [0.3, 0.4) is 0 Å². The molecule has 0 unspecified atom stereocenters. The monoisotopic (exact) mass is 278 g/mol. The summed E-state index contributed by atoms with van der Waals surface area (Å²) < 4.78 is 0. The number of likely N-dealkylation sites (tertiary alicyclic amines) is 1. The molecule has 4 N–H and O–H groups in total. The van der Waals surface area contributed by atoms with Gasteiger partial charge in [-0.05, 0) is 45.3 Å². The van der Waals surface area contributed by atoms with Crippen molar-refractivity contribution in [2.45, 2.75) is 19.3 Å². The Hall–Kier alpha value is -1.73. The lowest BCUT2D eigenvalue weighted by Crippen LogP contribution is -2.33. The molecule has 1 aromatic heterocycles. The Balaban J connectivity index is 1.71. The molecule has 0 aliphatic carbocycles. The Kier molecular flexibility index (Phi) is 5.25. The summed E-state index contributed by atoms with van der Waals surface area (Å²) in [5.41, 5.74) is 2.69. The lowest BCUT2D eigenvalue weighted by Gasteiger charge is -2.28. The van der Waals surface area contributed by atoms with E-state index in [0.717, 1.165) is 19.5 Å². The van der Waals surface area contributed by atoms with Crippen LogP contribution < -0.4 is 16.6 Å². The van der Waals surface area contributed by atoms with Gasteiger partial charge in [0.15, 0.2) is 5.82 Å². The molecule has 1 aliphatic heterocycles. The zero-order valence-electron chi connectivity index (χ0n) is 11.8. The maximum absolute atomic E-state index is 11.9. The van der Waals surface area contributed by atoms with E-state index in [1.54, 1.807) is 0 Å². The van der Waals surface area contributed by atoms with Crippen molar-refractivity contribution in [3.8, 4) is 0 Å². The van der Waals surface area contributed by atoms with Crippen LogP contribution in [0.25, 0.3) is 0 Å². The first-order valence-corrected chi connectivity index (χ1v) is 6.94. The maximum Gasteiger partial charge on any atom is 0.271 e. The summed E-state index contributed by atoms with van der Waals surface area (Å²) in [6.07, 6.45) is 6.30. The minimum absolute atomic E-state index is 0.186. The Morgan fingerprint density at radius 1 is 1.40 bits per heavy atom. The van der Waals surface area contributed by atoms with Crippen molar-refractivity contribution >= 4 is 11.7 Å². The number of hydrazine groups is 1. The van der Waals surface area contributed by atoms with Crippen LogP contribution in [0.1, 0.15) is 29.8 Å². The Morgan fingerprint density at radius 2 is 2.15 bits per heavy atom. The van der Waals surface area contributed by atoms with Crippen molar-refractivity contribution in [1.82, 2.24) is 20.2 Å². The van der Waals surface area contributed by atoms with Crippen molar-refractivity contribution in [1.29, 1.82) is 0 Å². The average molecular weight is 278 g/mol. The van der Waals surface area contributed by atoms with E-state index in [1.807, 2.05) is 0 Å². The number of hydrogen-bond donors (Lipinski definition) is 3. The van der Waals surface area contributed by atoms with Gasteiger partial charge in [0.05, 0.1) is 12.4 Å². The van der Waals surface area contributed by atoms with Gasteiger partial charge in [-0.1, -0.05) is 0 Å². The van der Waals surface area contributed by atoms with Gasteiger partial charge in [-0.3, -0.25) is 4.79 Å². The van der Waals surface area contributed by atoms with Crippen LogP contribution in [0.2, 0.25) is 0 Å². The molecule has 2 rings (SSSR count). The zero-order chi connectivity index (χ0) is 14.4. The number of hydrogen-bond acceptors (Lipinski definition) is 6. The largest absolute Gasteiger partial charge is 0.351 e. The van der Waals surface area contributed by atoms with Crippen LogP contribution in [0.5, 0.6) is 0 Å². The number of nitrogens with two attached hydrogens (primary N) is 1. The third kappa shape index (κ3) is 4.14. The van der Waals surface area contributed by atoms with E-state index in [0.29, 0.717) is 24.0 Å². The fraction of sp³-hybridized carbons (Fsp3) is 0.615. The normalized spacial score (nSPS) is 16.9. The summed E-state index contributed by atoms with van der Waals surface area (Å²) in [5, 5.41) is 2.89. The van der Waals surface area contributed by atoms with Gasteiger partial charge >= 0.3 is 0 Å². The molecule has 0 bridgehead atoms. The Bertz CT molecular complexity index is 427. The van der Waals surface area contributed by atoms with Crippen molar-refractivity contribution in [3.05, 3.63) is 18.1 Å². The molecule has 1 amide bonds. The van der Waals surface area contributed by atoms with E-state index in [9.17, 15) is 4.79 Å². The smallest absolute Gasteiger partial charge is 0.271 e. The molecule has 2 heterocycles. The van der Waals surface area contributed by atoms with Crippen molar-refractivity contribution < 1.29 is 4.79 Å². The second-order valence-corrected chi connectivity index (χ2v) is 5.22. The topological polar surface area (TPSA) is 96.2 Å². The molecule has 0 spiro atoms. The first-order chi connectivity index (χ1) is 9.69. The summed E-state index contributed by atoms with van der Waals surface area (Å²) in [6, 6.07) is 0. The highest BCUT2D eigenvalue weighted by molar-refractivity contribution is 5.91. The molecule has 0 aromatic carbocycles. The maximum atomic E-state index is 11.9. The standard InChI is InChI=1S/C13H22N6O/c1-19-6-3-10(4-7-19)2-5-15-13(20)11-8-17-12(18-14)9-16-11/h8-10H,2-7,14H2,1H3,(H,15,20)(H,17,18). The summed E-state index contributed by atoms with van der Waals surface area (Å²) in [6.45, 7) is 2.99. The highest BCUT2D eigenvalue weighted by Gasteiger charge is 2.16. The van der Waals surface area contributed by atoms with Gasteiger partial charge in [0.1, 0.15) is 5.69 Å². The number of rotatable bonds is 5. The lowest BCUT2D eigenvalue weighted by atomic mass is 9.94.